The third-order valence-electron chi connectivity index (χ3n) is 3.93. The van der Waals surface area contributed by atoms with Crippen molar-refractivity contribution < 1.29 is 28.0 Å². The summed E-state index contributed by atoms with van der Waals surface area (Å²) in [5.74, 6) is 0. The van der Waals surface area contributed by atoms with E-state index in [1.807, 2.05) is 6.92 Å². The van der Waals surface area contributed by atoms with Crippen molar-refractivity contribution in [2.75, 3.05) is 20.3 Å². The van der Waals surface area contributed by atoms with Crippen LogP contribution in [0.15, 0.2) is 15.8 Å². The molecule has 2 heterocycles. The summed E-state index contributed by atoms with van der Waals surface area (Å²) >= 11 is 0. The summed E-state index contributed by atoms with van der Waals surface area (Å²) in [7, 11) is -3.16. The minimum atomic E-state index is -4.20. The van der Waals surface area contributed by atoms with E-state index in [1.54, 1.807) is 6.92 Å². The molecule has 0 aromatic carbocycles. The van der Waals surface area contributed by atoms with Gasteiger partial charge in [0.05, 0.1) is 12.7 Å². The Morgan fingerprint density at radius 3 is 2.84 bits per heavy atom. The number of aromatic amines is 1. The molecule has 25 heavy (non-hydrogen) atoms. The molecule has 11 heteroatoms. The number of hydrogen-bond donors (Lipinski definition) is 2. The van der Waals surface area contributed by atoms with Gasteiger partial charge in [-0.05, 0) is 19.8 Å². The summed E-state index contributed by atoms with van der Waals surface area (Å²) < 4.78 is 33.6. The van der Waals surface area contributed by atoms with E-state index >= 15 is 0 Å². The van der Waals surface area contributed by atoms with E-state index in [0.717, 1.165) is 7.11 Å². The Balaban J connectivity index is 2.35. The number of ether oxygens (including phenoxy) is 2. The van der Waals surface area contributed by atoms with Gasteiger partial charge in [-0.2, -0.15) is 0 Å². The molecule has 1 aromatic heterocycles. The summed E-state index contributed by atoms with van der Waals surface area (Å²) in [4.78, 5) is 35.4. The van der Waals surface area contributed by atoms with E-state index < -0.39 is 31.4 Å². The van der Waals surface area contributed by atoms with Crippen LogP contribution in [0.2, 0.25) is 0 Å². The first-order valence-corrected chi connectivity index (χ1v) is 9.39. The van der Waals surface area contributed by atoms with Crippen LogP contribution < -0.4 is 11.2 Å². The van der Waals surface area contributed by atoms with E-state index in [4.69, 9.17) is 14.0 Å². The zero-order valence-electron chi connectivity index (χ0n) is 14.3. The number of nitrogens with zero attached hydrogens (tertiary/aromatic N) is 1. The number of aryl methyl sites for hydroxylation is 1. The van der Waals surface area contributed by atoms with Gasteiger partial charge in [-0.3, -0.25) is 23.4 Å². The Bertz CT molecular complexity index is 745. The van der Waals surface area contributed by atoms with Crippen molar-refractivity contribution in [2.45, 2.75) is 45.1 Å². The predicted molar refractivity (Wildman–Crippen MR) is 87.4 cm³/mol. The normalized spacial score (nSPS) is 26.8. The summed E-state index contributed by atoms with van der Waals surface area (Å²) in [6.45, 7) is 3.50. The third-order valence-corrected chi connectivity index (χ3v) is 4.87. The average molecular weight is 378 g/mol. The van der Waals surface area contributed by atoms with Gasteiger partial charge in [-0.1, -0.05) is 6.92 Å². The maximum absolute atomic E-state index is 12.2. The van der Waals surface area contributed by atoms with Gasteiger partial charge >= 0.3 is 13.5 Å². The van der Waals surface area contributed by atoms with E-state index in [-0.39, 0.29) is 12.7 Å². The van der Waals surface area contributed by atoms with Gasteiger partial charge in [0.2, 0.25) is 0 Å². The van der Waals surface area contributed by atoms with Crippen LogP contribution in [0.4, 0.5) is 0 Å². The number of phosphoric acid groups is 1. The summed E-state index contributed by atoms with van der Waals surface area (Å²) in [6.07, 6.45) is 0.734. The van der Waals surface area contributed by atoms with Gasteiger partial charge in [0, 0.05) is 25.5 Å². The van der Waals surface area contributed by atoms with Gasteiger partial charge in [0.1, 0.15) is 6.10 Å². The second-order valence-corrected chi connectivity index (χ2v) is 7.24. The number of H-pyrrole nitrogens is 1. The number of phosphoric ester groups is 1. The lowest BCUT2D eigenvalue weighted by molar-refractivity contribution is -0.118. The van der Waals surface area contributed by atoms with Crippen LogP contribution in [-0.2, 0) is 23.1 Å². The molecule has 0 aliphatic carbocycles. The van der Waals surface area contributed by atoms with Gasteiger partial charge in [0.25, 0.3) is 5.56 Å². The molecule has 4 atom stereocenters. The van der Waals surface area contributed by atoms with Crippen molar-refractivity contribution in [2.24, 2.45) is 0 Å². The summed E-state index contributed by atoms with van der Waals surface area (Å²) in [5.41, 5.74) is -0.829. The molecule has 3 unspecified atom stereocenters. The van der Waals surface area contributed by atoms with Crippen LogP contribution in [0.5, 0.6) is 0 Å². The maximum atomic E-state index is 12.2. The second-order valence-electron chi connectivity index (χ2n) is 5.68. The van der Waals surface area contributed by atoms with Crippen LogP contribution in [0.1, 0.15) is 31.6 Å². The number of rotatable bonds is 6. The lowest BCUT2D eigenvalue weighted by Crippen LogP contribution is -2.41. The minimum absolute atomic E-state index is 0.169. The average Bonchev–Trinajstić information content (AvgIpc) is 2.78. The molecule has 1 fully saturated rings. The molecule has 0 amide bonds. The van der Waals surface area contributed by atoms with Gasteiger partial charge < -0.3 is 14.4 Å². The molecule has 0 radical (unpaired) electrons. The molecule has 2 rings (SSSR count). The highest BCUT2D eigenvalue weighted by Crippen LogP contribution is 2.42. The van der Waals surface area contributed by atoms with Crippen molar-refractivity contribution in [3.8, 4) is 0 Å². The SMILES string of the molecule is CCC1CCOC(COP(=O)(O)OC)[C@H](n2cc(C)c(=O)[nH]c2=O)O1. The highest BCUT2D eigenvalue weighted by molar-refractivity contribution is 7.47. The number of nitrogens with one attached hydrogen (secondary N) is 1. The fraction of sp³-hybridized carbons (Fsp3) is 0.714. The smallest absolute Gasteiger partial charge is 0.371 e. The molecule has 1 aliphatic heterocycles. The quantitative estimate of drug-likeness (QED) is 0.692. The van der Waals surface area contributed by atoms with E-state index in [2.05, 4.69) is 9.51 Å². The molecule has 0 saturated carbocycles. The molecule has 142 valence electrons. The van der Waals surface area contributed by atoms with E-state index in [9.17, 15) is 19.0 Å². The van der Waals surface area contributed by atoms with Gasteiger partial charge in [-0.25, -0.2) is 9.36 Å². The zero-order valence-corrected chi connectivity index (χ0v) is 15.2. The fourth-order valence-corrected chi connectivity index (χ4v) is 2.90. The van der Waals surface area contributed by atoms with Crippen LogP contribution in [0.3, 0.4) is 0 Å². The molecular formula is C14H23N2O8P. The van der Waals surface area contributed by atoms with Crippen molar-refractivity contribution >= 4 is 7.82 Å². The third kappa shape index (κ3) is 5.10. The van der Waals surface area contributed by atoms with Crippen LogP contribution in [0.25, 0.3) is 0 Å². The predicted octanol–water partition coefficient (Wildman–Crippen LogP) is 0.691. The van der Waals surface area contributed by atoms with Gasteiger partial charge in [0.15, 0.2) is 6.23 Å². The number of hydrogen-bond acceptors (Lipinski definition) is 7. The Morgan fingerprint density at radius 2 is 2.20 bits per heavy atom. The van der Waals surface area contributed by atoms with Crippen molar-refractivity contribution in [3.63, 3.8) is 0 Å². The Labute approximate surface area is 144 Å². The van der Waals surface area contributed by atoms with E-state index in [1.165, 1.54) is 10.8 Å². The lowest BCUT2D eigenvalue weighted by atomic mass is 10.2. The molecular weight excluding hydrogens is 355 g/mol. The fourth-order valence-electron chi connectivity index (χ4n) is 2.46. The maximum Gasteiger partial charge on any atom is 0.472 e. The van der Waals surface area contributed by atoms with Crippen LogP contribution in [-0.4, -0.2) is 47.0 Å². The van der Waals surface area contributed by atoms with Crippen LogP contribution in [0, 0.1) is 6.92 Å². The lowest BCUT2D eigenvalue weighted by Gasteiger charge is -2.28. The zero-order chi connectivity index (χ0) is 18.6. The Morgan fingerprint density at radius 1 is 1.48 bits per heavy atom. The van der Waals surface area contributed by atoms with E-state index in [0.29, 0.717) is 25.0 Å². The first-order valence-electron chi connectivity index (χ1n) is 7.89. The highest BCUT2D eigenvalue weighted by atomic mass is 31.2. The topological polar surface area (TPSA) is 129 Å². The molecule has 0 bridgehead atoms. The molecule has 1 aromatic rings. The first-order chi connectivity index (χ1) is 11.8. The molecule has 0 spiro atoms. The largest absolute Gasteiger partial charge is 0.472 e. The first kappa shape index (κ1) is 20.0. The Kier molecular flexibility index (Phi) is 6.72. The van der Waals surface area contributed by atoms with Gasteiger partial charge in [-0.15, -0.1) is 0 Å². The molecule has 10 nitrogen and oxygen atoms in total. The molecule has 2 N–H and O–H groups in total. The monoisotopic (exact) mass is 378 g/mol. The standard InChI is InChI=1S/C14H23N2O8P/c1-4-10-5-6-22-11(8-23-25(19,20)21-3)13(24-10)16-7-9(2)12(17)15-14(16)18/h7,10-11,13H,4-6,8H2,1-3H3,(H,19,20)(H,15,17,18)/t10?,11?,13-/m1/s1. The minimum Gasteiger partial charge on any atom is -0.371 e. The Hall–Kier alpha value is -1.29. The van der Waals surface area contributed by atoms with Crippen molar-refractivity contribution in [1.82, 2.24) is 9.55 Å². The van der Waals surface area contributed by atoms with Crippen molar-refractivity contribution in [3.05, 3.63) is 32.6 Å². The number of aromatic nitrogens is 2. The molecule has 1 saturated heterocycles. The van der Waals surface area contributed by atoms with Crippen molar-refractivity contribution in [1.29, 1.82) is 0 Å². The molecule has 1 aliphatic rings. The highest BCUT2D eigenvalue weighted by Gasteiger charge is 2.34. The van der Waals surface area contributed by atoms with Crippen LogP contribution >= 0.6 is 7.82 Å². The summed E-state index contributed by atoms with van der Waals surface area (Å²) in [5, 5.41) is 0. The summed E-state index contributed by atoms with van der Waals surface area (Å²) in [6, 6.07) is 0. The second kappa shape index (κ2) is 8.39.